The van der Waals surface area contributed by atoms with Crippen molar-refractivity contribution in [2.45, 2.75) is 18.5 Å². The molecule has 1 amide bonds. The largest absolute Gasteiger partial charge is 0.465 e. The molecule has 2 unspecified atom stereocenters. The van der Waals surface area contributed by atoms with Gasteiger partial charge in [-0.3, -0.25) is 0 Å². The first-order valence-corrected chi connectivity index (χ1v) is 8.77. The summed E-state index contributed by atoms with van der Waals surface area (Å²) in [5.41, 5.74) is -0.0916. The number of amides is 1. The number of rotatable bonds is 2. The van der Waals surface area contributed by atoms with Gasteiger partial charge in [-0.1, -0.05) is 36.0 Å². The molecule has 0 aromatic heterocycles. The van der Waals surface area contributed by atoms with Gasteiger partial charge in [0.2, 0.25) is 0 Å². The zero-order valence-electron chi connectivity index (χ0n) is 13.6. The van der Waals surface area contributed by atoms with Crippen LogP contribution in [0.3, 0.4) is 0 Å². The molecule has 4 nitrogen and oxygen atoms in total. The van der Waals surface area contributed by atoms with E-state index < -0.39 is 29.3 Å². The molecule has 0 fully saturated rings. The molecule has 2 atom stereocenters. The van der Waals surface area contributed by atoms with Gasteiger partial charge in [0.1, 0.15) is 17.2 Å². The van der Waals surface area contributed by atoms with Crippen LogP contribution >= 0.6 is 11.8 Å². The molecule has 0 saturated carbocycles. The van der Waals surface area contributed by atoms with Crippen LogP contribution in [0.4, 0.5) is 13.6 Å². The lowest BCUT2D eigenvalue weighted by atomic mass is 9.81. The summed E-state index contributed by atoms with van der Waals surface area (Å²) >= 11 is 1.18. The maximum atomic E-state index is 13.8. The fourth-order valence-corrected chi connectivity index (χ4v) is 3.85. The number of carboxylic acid groups (broad SMARTS) is 1. The van der Waals surface area contributed by atoms with E-state index in [1.54, 1.807) is 31.4 Å². The zero-order valence-corrected chi connectivity index (χ0v) is 14.4. The molecule has 0 radical (unpaired) electrons. The van der Waals surface area contributed by atoms with E-state index in [1.807, 2.05) is 0 Å². The molecule has 7 heteroatoms. The molecule has 0 saturated heterocycles. The number of benzene rings is 2. The first-order chi connectivity index (χ1) is 11.9. The first kappa shape index (κ1) is 17.4. The van der Waals surface area contributed by atoms with Crippen LogP contribution in [0, 0.1) is 11.6 Å². The zero-order chi connectivity index (χ0) is 18.2. The van der Waals surface area contributed by atoms with E-state index in [9.17, 15) is 18.7 Å². The second-order valence-electron chi connectivity index (χ2n) is 5.87. The molecule has 3 rings (SSSR count). The summed E-state index contributed by atoms with van der Waals surface area (Å²) in [6, 6.07) is 10.8. The monoisotopic (exact) mass is 362 g/mol. The SMILES string of the molecule is CSC1=NC(C)(c2cccc(F)c2)C(c2cccc(F)c2)N1C(=O)O. The molecule has 130 valence electrons. The molecule has 0 aliphatic carbocycles. The van der Waals surface area contributed by atoms with E-state index in [2.05, 4.69) is 4.99 Å². The van der Waals surface area contributed by atoms with Gasteiger partial charge in [-0.05, 0) is 48.6 Å². The molecule has 2 aromatic carbocycles. The van der Waals surface area contributed by atoms with Crippen molar-refractivity contribution in [3.63, 3.8) is 0 Å². The Labute approximate surface area is 148 Å². The first-order valence-electron chi connectivity index (χ1n) is 7.54. The predicted octanol–water partition coefficient (Wildman–Crippen LogP) is 4.63. The number of hydrogen-bond donors (Lipinski definition) is 1. The van der Waals surface area contributed by atoms with Gasteiger partial charge in [0.05, 0.1) is 6.04 Å². The van der Waals surface area contributed by atoms with E-state index in [0.717, 1.165) is 4.90 Å². The second-order valence-corrected chi connectivity index (χ2v) is 6.64. The Balaban J connectivity index is 2.23. The van der Waals surface area contributed by atoms with Crippen LogP contribution in [0.2, 0.25) is 0 Å². The summed E-state index contributed by atoms with van der Waals surface area (Å²) in [6.07, 6.45) is 0.525. The highest BCUT2D eigenvalue weighted by atomic mass is 32.2. The van der Waals surface area contributed by atoms with Crippen LogP contribution in [0.25, 0.3) is 0 Å². The van der Waals surface area contributed by atoms with Gasteiger partial charge in [0, 0.05) is 0 Å². The molecule has 0 bridgehead atoms. The topological polar surface area (TPSA) is 52.9 Å². The Morgan fingerprint density at radius 3 is 2.40 bits per heavy atom. The molecule has 0 spiro atoms. The van der Waals surface area contributed by atoms with Crippen LogP contribution in [0.1, 0.15) is 24.1 Å². The highest BCUT2D eigenvalue weighted by molar-refractivity contribution is 8.13. The Morgan fingerprint density at radius 2 is 1.84 bits per heavy atom. The average Bonchev–Trinajstić information content (AvgIpc) is 2.89. The van der Waals surface area contributed by atoms with Crippen molar-refractivity contribution in [3.8, 4) is 0 Å². The summed E-state index contributed by atoms with van der Waals surface area (Å²) in [5.74, 6) is -0.909. The molecular weight excluding hydrogens is 346 g/mol. The lowest BCUT2D eigenvalue weighted by Crippen LogP contribution is -2.39. The smallest absolute Gasteiger partial charge is 0.414 e. The van der Waals surface area contributed by atoms with E-state index >= 15 is 0 Å². The van der Waals surface area contributed by atoms with Crippen LogP contribution in [0.15, 0.2) is 53.5 Å². The molecular formula is C18H16F2N2O2S. The third-order valence-electron chi connectivity index (χ3n) is 4.29. The number of thioether (sulfide) groups is 1. The highest BCUT2D eigenvalue weighted by Gasteiger charge is 2.50. The lowest BCUT2D eigenvalue weighted by Gasteiger charge is -2.33. The Kier molecular flexibility index (Phi) is 4.51. The minimum absolute atomic E-state index is 0.286. The lowest BCUT2D eigenvalue weighted by molar-refractivity contribution is 0.148. The summed E-state index contributed by atoms with van der Waals surface area (Å²) in [7, 11) is 0. The predicted molar refractivity (Wildman–Crippen MR) is 93.7 cm³/mol. The van der Waals surface area contributed by atoms with Gasteiger partial charge < -0.3 is 5.11 Å². The van der Waals surface area contributed by atoms with E-state index in [0.29, 0.717) is 11.1 Å². The number of carbonyl (C=O) groups is 1. The third kappa shape index (κ3) is 3.00. The quantitative estimate of drug-likeness (QED) is 0.847. The number of nitrogens with zero attached hydrogens (tertiary/aromatic N) is 2. The maximum Gasteiger partial charge on any atom is 0.414 e. The molecule has 1 N–H and O–H groups in total. The Morgan fingerprint density at radius 1 is 1.20 bits per heavy atom. The standard InChI is InChI=1S/C18H16F2N2O2S/c1-18(12-6-4-8-14(20)10-12)15(11-5-3-7-13(19)9-11)22(17(23)24)16(21-18)25-2/h3-10,15H,1-2H3,(H,23,24). The summed E-state index contributed by atoms with van der Waals surface area (Å²) < 4.78 is 27.6. The Bertz CT molecular complexity index is 858. The van der Waals surface area contributed by atoms with Gasteiger partial charge >= 0.3 is 6.09 Å². The molecule has 2 aromatic rings. The number of aliphatic imine (C=N–C) groups is 1. The van der Waals surface area contributed by atoms with Gasteiger partial charge in [0.25, 0.3) is 0 Å². The van der Waals surface area contributed by atoms with E-state index in [-0.39, 0.29) is 5.17 Å². The number of halogens is 2. The van der Waals surface area contributed by atoms with Gasteiger partial charge in [-0.15, -0.1) is 0 Å². The van der Waals surface area contributed by atoms with Gasteiger partial charge in [-0.25, -0.2) is 23.5 Å². The molecule has 1 aliphatic rings. The van der Waals surface area contributed by atoms with Crippen molar-refractivity contribution < 1.29 is 18.7 Å². The minimum Gasteiger partial charge on any atom is -0.465 e. The van der Waals surface area contributed by atoms with Gasteiger partial charge in [0.15, 0.2) is 5.17 Å². The highest BCUT2D eigenvalue weighted by Crippen LogP contribution is 2.48. The fourth-order valence-electron chi connectivity index (χ4n) is 3.19. The van der Waals surface area contributed by atoms with Crippen LogP contribution in [0.5, 0.6) is 0 Å². The summed E-state index contributed by atoms with van der Waals surface area (Å²) in [6.45, 7) is 1.73. The van der Waals surface area contributed by atoms with Crippen molar-refractivity contribution in [3.05, 3.63) is 71.3 Å². The van der Waals surface area contributed by atoms with Crippen LogP contribution in [-0.4, -0.2) is 27.5 Å². The normalized spacial score (nSPS) is 22.8. The maximum absolute atomic E-state index is 13.8. The average molecular weight is 362 g/mol. The third-order valence-corrected chi connectivity index (χ3v) is 4.94. The molecule has 1 aliphatic heterocycles. The van der Waals surface area contributed by atoms with Crippen molar-refractivity contribution in [1.82, 2.24) is 4.90 Å². The molecule has 25 heavy (non-hydrogen) atoms. The van der Waals surface area contributed by atoms with Crippen molar-refractivity contribution >= 4 is 23.0 Å². The van der Waals surface area contributed by atoms with E-state index in [4.69, 9.17) is 0 Å². The van der Waals surface area contributed by atoms with Gasteiger partial charge in [-0.2, -0.15) is 0 Å². The Hall–Kier alpha value is -2.41. The van der Waals surface area contributed by atoms with Crippen LogP contribution < -0.4 is 0 Å². The van der Waals surface area contributed by atoms with Crippen LogP contribution in [-0.2, 0) is 5.54 Å². The summed E-state index contributed by atoms with van der Waals surface area (Å²) in [5, 5.41) is 10.00. The number of amidine groups is 1. The van der Waals surface area contributed by atoms with Crippen molar-refractivity contribution in [1.29, 1.82) is 0 Å². The van der Waals surface area contributed by atoms with Crippen molar-refractivity contribution in [2.75, 3.05) is 6.26 Å². The molecule has 1 heterocycles. The summed E-state index contributed by atoms with van der Waals surface area (Å²) in [4.78, 5) is 17.6. The fraction of sp³-hybridized carbons (Fsp3) is 0.222. The second kappa shape index (κ2) is 6.48. The van der Waals surface area contributed by atoms with Crippen molar-refractivity contribution in [2.24, 2.45) is 4.99 Å². The number of hydrogen-bond acceptors (Lipinski definition) is 3. The van der Waals surface area contributed by atoms with E-state index in [1.165, 1.54) is 42.1 Å². The minimum atomic E-state index is -1.19.